The zero-order valence-corrected chi connectivity index (χ0v) is 9.43. The molecule has 1 atom stereocenters. The Hall–Kier alpha value is -0.620. The lowest BCUT2D eigenvalue weighted by atomic mass is 10.2. The molecule has 1 fully saturated rings. The van der Waals surface area contributed by atoms with Crippen LogP contribution in [0, 0.1) is 0 Å². The summed E-state index contributed by atoms with van der Waals surface area (Å²) in [6.07, 6.45) is 0.0980. The van der Waals surface area contributed by atoms with Crippen molar-refractivity contribution in [1.82, 2.24) is 4.31 Å². The second kappa shape index (κ2) is 4.27. The molecular formula is C8H15NO4S. The smallest absolute Gasteiger partial charge is 0.424 e. The summed E-state index contributed by atoms with van der Waals surface area (Å²) in [5.74, 6) is 0. The molecule has 0 aromatic rings. The van der Waals surface area contributed by atoms with E-state index in [1.807, 2.05) is 0 Å². The lowest BCUT2D eigenvalue weighted by Gasteiger charge is -2.27. The van der Waals surface area contributed by atoms with Crippen molar-refractivity contribution in [2.24, 2.45) is 0 Å². The highest BCUT2D eigenvalue weighted by Gasteiger charge is 2.29. The third kappa shape index (κ3) is 3.26. The topological polar surface area (TPSA) is 55.8 Å². The van der Waals surface area contributed by atoms with Crippen molar-refractivity contribution in [3.8, 4) is 0 Å². The van der Waals surface area contributed by atoms with Crippen molar-refractivity contribution in [2.75, 3.05) is 13.2 Å². The van der Waals surface area contributed by atoms with E-state index in [1.165, 1.54) is 0 Å². The van der Waals surface area contributed by atoms with Gasteiger partial charge in [-0.15, -0.1) is 0 Å². The molecule has 1 aliphatic heterocycles. The molecule has 1 rings (SSSR count). The maximum atomic E-state index is 11.5. The van der Waals surface area contributed by atoms with Crippen LogP contribution in [0.3, 0.4) is 0 Å². The predicted molar refractivity (Wildman–Crippen MR) is 51.7 cm³/mol. The second-order valence-electron chi connectivity index (χ2n) is 3.98. The maximum absolute atomic E-state index is 11.5. The third-order valence-corrected chi connectivity index (χ3v) is 2.53. The fourth-order valence-electron chi connectivity index (χ4n) is 0.942. The number of rotatable bonds is 0. The van der Waals surface area contributed by atoms with Gasteiger partial charge in [0.05, 0.1) is 6.61 Å². The molecule has 1 amide bonds. The Kier molecular flexibility index (Phi) is 3.49. The molecule has 82 valence electrons. The third-order valence-electron chi connectivity index (χ3n) is 1.47. The van der Waals surface area contributed by atoms with Crippen molar-refractivity contribution in [2.45, 2.75) is 32.8 Å². The van der Waals surface area contributed by atoms with Gasteiger partial charge in [-0.05, 0) is 27.2 Å². The van der Waals surface area contributed by atoms with Crippen LogP contribution in [0.25, 0.3) is 0 Å². The normalized spacial score (nSPS) is 23.4. The average Bonchev–Trinajstić information content (AvgIpc) is 2.01. The molecular weight excluding hydrogens is 206 g/mol. The number of amides is 1. The van der Waals surface area contributed by atoms with E-state index in [4.69, 9.17) is 8.92 Å². The number of ether oxygens (including phenoxy) is 1. The average molecular weight is 221 g/mol. The number of carbonyl (C=O) groups excluding carboxylic acids is 1. The van der Waals surface area contributed by atoms with E-state index in [2.05, 4.69) is 0 Å². The molecule has 14 heavy (non-hydrogen) atoms. The van der Waals surface area contributed by atoms with Gasteiger partial charge in [0, 0.05) is 6.54 Å². The summed E-state index contributed by atoms with van der Waals surface area (Å²) in [5.41, 5.74) is -0.571. The Balaban J connectivity index is 2.55. The molecule has 0 saturated carbocycles. The monoisotopic (exact) mass is 221 g/mol. The molecule has 0 N–H and O–H groups in total. The van der Waals surface area contributed by atoms with Crippen molar-refractivity contribution in [1.29, 1.82) is 0 Å². The summed E-state index contributed by atoms with van der Waals surface area (Å²) in [4.78, 5) is 11.5. The zero-order chi connectivity index (χ0) is 10.8. The van der Waals surface area contributed by atoms with E-state index >= 15 is 0 Å². The maximum Gasteiger partial charge on any atom is 0.424 e. The van der Waals surface area contributed by atoms with Gasteiger partial charge in [0.15, 0.2) is 0 Å². The minimum atomic E-state index is -1.68. The summed E-state index contributed by atoms with van der Waals surface area (Å²) in [5, 5.41) is 0. The van der Waals surface area contributed by atoms with Gasteiger partial charge in [-0.3, -0.25) is 4.18 Å². The Labute approximate surface area is 86.2 Å². The van der Waals surface area contributed by atoms with Crippen LogP contribution >= 0.6 is 0 Å². The van der Waals surface area contributed by atoms with Crippen LogP contribution in [0.4, 0.5) is 4.79 Å². The summed E-state index contributed by atoms with van der Waals surface area (Å²) in [7, 11) is 0. The number of carbonyl (C=O) groups is 1. The van der Waals surface area contributed by atoms with Gasteiger partial charge in [-0.25, -0.2) is 13.3 Å². The van der Waals surface area contributed by atoms with Crippen LogP contribution in [-0.2, 0) is 20.2 Å². The molecule has 0 aromatic carbocycles. The highest BCUT2D eigenvalue weighted by molar-refractivity contribution is 7.78. The molecule has 0 spiro atoms. The summed E-state index contributed by atoms with van der Waals surface area (Å²) in [6.45, 7) is 6.13. The van der Waals surface area contributed by atoms with Crippen LogP contribution in [0.5, 0.6) is 0 Å². The van der Waals surface area contributed by atoms with E-state index in [0.717, 1.165) is 4.31 Å². The highest BCUT2D eigenvalue weighted by Crippen LogP contribution is 2.14. The molecule has 0 aliphatic carbocycles. The van der Waals surface area contributed by atoms with Gasteiger partial charge >= 0.3 is 6.09 Å². The molecule has 0 bridgehead atoms. The van der Waals surface area contributed by atoms with E-state index in [9.17, 15) is 9.00 Å². The number of hydrogen-bond acceptors (Lipinski definition) is 4. The lowest BCUT2D eigenvalue weighted by Crippen LogP contribution is -2.42. The SMILES string of the molecule is CC(C)(C)OC(=O)N1CCCOS1=O. The quantitative estimate of drug-likeness (QED) is 0.617. The molecule has 1 heterocycles. The van der Waals surface area contributed by atoms with Gasteiger partial charge in [-0.2, -0.15) is 0 Å². The molecule has 0 aromatic heterocycles. The highest BCUT2D eigenvalue weighted by atomic mass is 32.2. The Morgan fingerprint density at radius 2 is 2.14 bits per heavy atom. The molecule has 0 radical (unpaired) electrons. The first-order chi connectivity index (χ1) is 6.40. The molecule has 1 unspecified atom stereocenters. The predicted octanol–water partition coefficient (Wildman–Crippen LogP) is 1.22. The Morgan fingerprint density at radius 3 is 2.64 bits per heavy atom. The van der Waals surface area contributed by atoms with Gasteiger partial charge in [0.25, 0.3) is 11.3 Å². The summed E-state index contributed by atoms with van der Waals surface area (Å²) < 4.78 is 22.2. The number of hydrogen-bond donors (Lipinski definition) is 0. The standard InChI is InChI=1S/C8H15NO4S/c1-8(2,3)13-7(10)9-5-4-6-12-14(9)11/h4-6H2,1-3H3. The fraction of sp³-hybridized carbons (Fsp3) is 0.875. The first kappa shape index (κ1) is 11.5. The van der Waals surface area contributed by atoms with Crippen LogP contribution in [0.2, 0.25) is 0 Å². The van der Waals surface area contributed by atoms with Crippen molar-refractivity contribution >= 4 is 17.4 Å². The Morgan fingerprint density at radius 1 is 1.50 bits per heavy atom. The zero-order valence-electron chi connectivity index (χ0n) is 8.61. The fourth-order valence-corrected chi connectivity index (χ4v) is 1.77. The van der Waals surface area contributed by atoms with Crippen LogP contribution < -0.4 is 0 Å². The van der Waals surface area contributed by atoms with Crippen LogP contribution in [0.1, 0.15) is 27.2 Å². The first-order valence-corrected chi connectivity index (χ1v) is 5.49. The second-order valence-corrected chi connectivity index (χ2v) is 5.09. The lowest BCUT2D eigenvalue weighted by molar-refractivity contribution is 0.0356. The van der Waals surface area contributed by atoms with Crippen molar-refractivity contribution in [3.63, 3.8) is 0 Å². The largest absolute Gasteiger partial charge is 0.443 e. The van der Waals surface area contributed by atoms with Crippen molar-refractivity contribution in [3.05, 3.63) is 0 Å². The van der Waals surface area contributed by atoms with Gasteiger partial charge in [0.1, 0.15) is 5.60 Å². The van der Waals surface area contributed by atoms with E-state index in [1.54, 1.807) is 20.8 Å². The molecule has 1 saturated heterocycles. The van der Waals surface area contributed by atoms with Gasteiger partial charge in [-0.1, -0.05) is 0 Å². The first-order valence-electron chi connectivity index (χ1n) is 4.46. The van der Waals surface area contributed by atoms with Gasteiger partial charge < -0.3 is 4.74 Å². The number of nitrogens with zero attached hydrogens (tertiary/aromatic N) is 1. The summed E-state index contributed by atoms with van der Waals surface area (Å²) >= 11 is -1.68. The van der Waals surface area contributed by atoms with Gasteiger partial charge in [0.2, 0.25) is 0 Å². The molecule has 5 nitrogen and oxygen atoms in total. The Bertz CT molecular complexity index is 248. The van der Waals surface area contributed by atoms with E-state index in [-0.39, 0.29) is 0 Å². The van der Waals surface area contributed by atoms with Crippen LogP contribution in [0.15, 0.2) is 0 Å². The minimum Gasteiger partial charge on any atom is -0.443 e. The minimum absolute atomic E-state index is 0.418. The molecule has 1 aliphatic rings. The summed E-state index contributed by atoms with van der Waals surface area (Å²) in [6, 6.07) is 0. The van der Waals surface area contributed by atoms with E-state index < -0.39 is 23.0 Å². The molecule has 6 heteroatoms. The van der Waals surface area contributed by atoms with Crippen LogP contribution in [-0.4, -0.2) is 33.4 Å². The van der Waals surface area contributed by atoms with Crippen molar-refractivity contribution < 1.29 is 17.9 Å². The van der Waals surface area contributed by atoms with E-state index in [0.29, 0.717) is 19.6 Å².